The third kappa shape index (κ3) is 4.49. The maximum Gasteiger partial charge on any atom is 0.272 e. The van der Waals surface area contributed by atoms with Gasteiger partial charge in [0.25, 0.3) is 5.91 Å². The fraction of sp³-hybridized carbons (Fsp3) is 0.261. The largest absolute Gasteiger partial charge is 0.272 e. The minimum atomic E-state index is -0.348. The molecule has 0 unspecified atom stereocenters. The monoisotopic (exact) mass is 483 g/mol. The molecule has 4 rings (SSSR count). The van der Waals surface area contributed by atoms with E-state index in [1.54, 1.807) is 34.6 Å². The van der Waals surface area contributed by atoms with Gasteiger partial charge in [-0.15, -0.1) is 0 Å². The Labute approximate surface area is 201 Å². The third-order valence-electron chi connectivity index (χ3n) is 5.37. The molecule has 0 aliphatic rings. The van der Waals surface area contributed by atoms with Gasteiger partial charge in [-0.3, -0.25) is 14.2 Å². The summed E-state index contributed by atoms with van der Waals surface area (Å²) in [5, 5.41) is 15.1. The number of aryl methyl sites for hydroxylation is 3. The number of pyridine rings is 1. The zero-order chi connectivity index (χ0) is 23.9. The topological polar surface area (TPSA) is 90.0 Å². The second kappa shape index (κ2) is 8.96. The summed E-state index contributed by atoms with van der Waals surface area (Å²) in [4.78, 5) is 17.9. The lowest BCUT2D eigenvalue weighted by Gasteiger charge is -2.09. The van der Waals surface area contributed by atoms with Crippen molar-refractivity contribution in [3.05, 3.63) is 63.0 Å². The Morgan fingerprint density at radius 1 is 1.09 bits per heavy atom. The molecule has 0 atom stereocenters. The summed E-state index contributed by atoms with van der Waals surface area (Å²) in [5.74, 6) is -0.348. The Hall–Kier alpha value is -3.23. The summed E-state index contributed by atoms with van der Waals surface area (Å²) in [6.45, 7) is 7.83. The average Bonchev–Trinajstić information content (AvgIpc) is 3.21. The Kier molecular flexibility index (Phi) is 6.23. The summed E-state index contributed by atoms with van der Waals surface area (Å²) in [7, 11) is 1.80. The van der Waals surface area contributed by atoms with Gasteiger partial charge in [-0.2, -0.15) is 15.3 Å². The molecule has 0 spiro atoms. The van der Waals surface area contributed by atoms with Crippen LogP contribution >= 0.6 is 23.2 Å². The van der Waals surface area contributed by atoms with Crippen LogP contribution in [0.25, 0.3) is 22.3 Å². The number of nitrogens with one attached hydrogen (secondary N) is 1. The first kappa shape index (κ1) is 22.9. The second-order valence-corrected chi connectivity index (χ2v) is 8.71. The number of carbonyl (C=O) groups excluding carboxylic acids is 1. The number of hydrogen-bond donors (Lipinski definition) is 1. The lowest BCUT2D eigenvalue weighted by atomic mass is 10.1. The second-order valence-electron chi connectivity index (χ2n) is 7.90. The molecule has 0 aliphatic heterocycles. The van der Waals surface area contributed by atoms with Crippen LogP contribution in [-0.4, -0.2) is 36.2 Å². The molecule has 10 heteroatoms. The molecule has 33 heavy (non-hydrogen) atoms. The quantitative estimate of drug-likeness (QED) is 0.323. The number of hydrogen-bond acceptors (Lipinski definition) is 5. The van der Waals surface area contributed by atoms with E-state index >= 15 is 0 Å². The molecular weight excluding hydrogens is 461 g/mol. The van der Waals surface area contributed by atoms with Crippen LogP contribution < -0.4 is 5.43 Å². The number of rotatable bonds is 5. The molecule has 170 valence electrons. The molecule has 1 N–H and O–H groups in total. The normalized spacial score (nSPS) is 11.9. The number of aromatic nitrogens is 5. The molecule has 1 aromatic carbocycles. The summed E-state index contributed by atoms with van der Waals surface area (Å²) < 4.78 is 3.43. The molecule has 3 heterocycles. The SMILES string of the molecule is CC(Cn1nc(C)c(Cl)c1C)=NNC(=O)c1cc(-c2ccc(Cl)cc2)nc2c1c(C)nn2C. The van der Waals surface area contributed by atoms with Crippen molar-refractivity contribution < 1.29 is 4.79 Å². The maximum atomic E-state index is 13.2. The Morgan fingerprint density at radius 3 is 2.42 bits per heavy atom. The molecule has 0 bridgehead atoms. The Bertz CT molecular complexity index is 1400. The van der Waals surface area contributed by atoms with Crippen molar-refractivity contribution in [3.8, 4) is 11.3 Å². The molecule has 0 fully saturated rings. The van der Waals surface area contributed by atoms with E-state index in [9.17, 15) is 4.79 Å². The fourth-order valence-corrected chi connectivity index (χ4v) is 3.94. The minimum Gasteiger partial charge on any atom is -0.267 e. The van der Waals surface area contributed by atoms with Crippen LogP contribution in [0.2, 0.25) is 10.0 Å². The van der Waals surface area contributed by atoms with Crippen LogP contribution in [0.4, 0.5) is 0 Å². The maximum absolute atomic E-state index is 13.2. The molecule has 0 aliphatic carbocycles. The first-order valence-corrected chi connectivity index (χ1v) is 11.0. The highest BCUT2D eigenvalue weighted by Gasteiger charge is 2.19. The van der Waals surface area contributed by atoms with E-state index in [2.05, 4.69) is 20.7 Å². The molecule has 0 radical (unpaired) electrons. The van der Waals surface area contributed by atoms with Gasteiger partial charge in [-0.1, -0.05) is 35.3 Å². The van der Waals surface area contributed by atoms with E-state index in [1.807, 2.05) is 39.8 Å². The number of hydrazone groups is 1. The van der Waals surface area contributed by atoms with Gasteiger partial charge in [0.2, 0.25) is 0 Å². The van der Waals surface area contributed by atoms with Crippen molar-refractivity contribution in [1.29, 1.82) is 0 Å². The molecule has 3 aromatic heterocycles. The van der Waals surface area contributed by atoms with Crippen molar-refractivity contribution in [2.24, 2.45) is 12.1 Å². The average molecular weight is 484 g/mol. The number of carbonyl (C=O) groups is 1. The zero-order valence-corrected chi connectivity index (χ0v) is 20.5. The van der Waals surface area contributed by atoms with E-state index in [0.717, 1.165) is 17.0 Å². The van der Waals surface area contributed by atoms with Gasteiger partial charge >= 0.3 is 0 Å². The predicted octanol–water partition coefficient (Wildman–Crippen LogP) is 4.87. The molecule has 1 amide bonds. The third-order valence-corrected chi connectivity index (χ3v) is 6.17. The predicted molar refractivity (Wildman–Crippen MR) is 131 cm³/mol. The summed E-state index contributed by atoms with van der Waals surface area (Å²) in [5.41, 5.74) is 8.21. The van der Waals surface area contributed by atoms with Crippen molar-refractivity contribution >= 4 is 45.9 Å². The smallest absolute Gasteiger partial charge is 0.267 e. The summed E-state index contributed by atoms with van der Waals surface area (Å²) in [6, 6.07) is 9.06. The van der Waals surface area contributed by atoms with Gasteiger partial charge in [0, 0.05) is 17.6 Å². The molecule has 8 nitrogen and oxygen atoms in total. The summed E-state index contributed by atoms with van der Waals surface area (Å²) >= 11 is 12.2. The van der Waals surface area contributed by atoms with E-state index in [-0.39, 0.29) is 5.91 Å². The van der Waals surface area contributed by atoms with Crippen molar-refractivity contribution in [2.45, 2.75) is 34.2 Å². The minimum absolute atomic E-state index is 0.348. The van der Waals surface area contributed by atoms with E-state index < -0.39 is 0 Å². The fourth-order valence-electron chi connectivity index (χ4n) is 3.68. The zero-order valence-electron chi connectivity index (χ0n) is 18.9. The first-order chi connectivity index (χ1) is 15.7. The van der Waals surface area contributed by atoms with Gasteiger partial charge in [0.05, 0.1) is 51.0 Å². The molecular formula is C23H23Cl2N7O. The Balaban J connectivity index is 1.67. The molecule has 4 aromatic rings. The van der Waals surface area contributed by atoms with Gasteiger partial charge in [0.15, 0.2) is 5.65 Å². The number of fused-ring (bicyclic) bond motifs is 1. The Morgan fingerprint density at radius 2 is 1.79 bits per heavy atom. The van der Waals surface area contributed by atoms with Crippen molar-refractivity contribution in [3.63, 3.8) is 0 Å². The van der Waals surface area contributed by atoms with Crippen molar-refractivity contribution in [1.82, 2.24) is 30.0 Å². The first-order valence-electron chi connectivity index (χ1n) is 10.3. The van der Waals surface area contributed by atoms with Gasteiger partial charge in [-0.05, 0) is 45.9 Å². The highest BCUT2D eigenvalue weighted by atomic mass is 35.5. The highest BCUT2D eigenvalue weighted by molar-refractivity contribution is 6.31. The highest BCUT2D eigenvalue weighted by Crippen LogP contribution is 2.27. The van der Waals surface area contributed by atoms with Crippen LogP contribution in [0.5, 0.6) is 0 Å². The number of halogens is 2. The van der Waals surface area contributed by atoms with Gasteiger partial charge < -0.3 is 0 Å². The number of amides is 1. The van der Waals surface area contributed by atoms with Crippen molar-refractivity contribution in [2.75, 3.05) is 0 Å². The lowest BCUT2D eigenvalue weighted by Crippen LogP contribution is -2.21. The van der Waals surface area contributed by atoms with Gasteiger partial charge in [0.1, 0.15) is 0 Å². The lowest BCUT2D eigenvalue weighted by molar-refractivity contribution is 0.0956. The summed E-state index contributed by atoms with van der Waals surface area (Å²) in [6.07, 6.45) is 0. The van der Waals surface area contributed by atoms with E-state index in [0.29, 0.717) is 50.3 Å². The molecule has 0 saturated heterocycles. The van der Waals surface area contributed by atoms with Crippen LogP contribution in [0, 0.1) is 20.8 Å². The van der Waals surface area contributed by atoms with Crippen LogP contribution in [0.3, 0.4) is 0 Å². The molecule has 0 saturated carbocycles. The van der Waals surface area contributed by atoms with E-state index in [4.69, 9.17) is 28.2 Å². The number of nitrogens with zero attached hydrogens (tertiary/aromatic N) is 6. The van der Waals surface area contributed by atoms with E-state index in [1.165, 1.54) is 0 Å². The van der Waals surface area contributed by atoms with Crippen LogP contribution in [-0.2, 0) is 13.6 Å². The van der Waals surface area contributed by atoms with Crippen LogP contribution in [0.1, 0.15) is 34.4 Å². The van der Waals surface area contributed by atoms with Gasteiger partial charge in [-0.25, -0.2) is 10.4 Å². The number of benzene rings is 1. The van der Waals surface area contributed by atoms with Crippen LogP contribution in [0.15, 0.2) is 35.4 Å². The standard InChI is InChI=1S/C23H23Cl2N7O/c1-12(11-32-15(4)21(25)14(3)30-32)27-28-23(33)18-10-19(16-6-8-17(24)9-7-16)26-22-20(18)13(2)29-31(22)5/h6-10H,11H2,1-5H3,(H,28,33).